The van der Waals surface area contributed by atoms with Crippen LogP contribution in [0.2, 0.25) is 0 Å². The SMILES string of the molecule is Cc1nn(C)c(C)c1NC(=O)COC(=O)Cc1cccs1. The Labute approximate surface area is 126 Å². The van der Waals surface area contributed by atoms with Gasteiger partial charge in [-0.3, -0.25) is 14.3 Å². The van der Waals surface area contributed by atoms with Crippen LogP contribution < -0.4 is 5.32 Å². The molecule has 2 heterocycles. The summed E-state index contributed by atoms with van der Waals surface area (Å²) >= 11 is 1.48. The van der Waals surface area contributed by atoms with Crippen LogP contribution in [0.15, 0.2) is 17.5 Å². The Bertz CT molecular complexity index is 647. The van der Waals surface area contributed by atoms with Crippen LogP contribution in [0.1, 0.15) is 16.3 Å². The molecule has 0 atom stereocenters. The van der Waals surface area contributed by atoms with Gasteiger partial charge in [-0.1, -0.05) is 6.07 Å². The lowest BCUT2D eigenvalue weighted by atomic mass is 10.3. The van der Waals surface area contributed by atoms with Crippen LogP contribution in [0.25, 0.3) is 0 Å². The summed E-state index contributed by atoms with van der Waals surface area (Å²) in [4.78, 5) is 24.3. The van der Waals surface area contributed by atoms with Crippen molar-refractivity contribution in [2.24, 2.45) is 7.05 Å². The van der Waals surface area contributed by atoms with Gasteiger partial charge in [-0.25, -0.2) is 0 Å². The van der Waals surface area contributed by atoms with E-state index in [9.17, 15) is 9.59 Å². The van der Waals surface area contributed by atoms with Gasteiger partial charge in [-0.05, 0) is 25.3 Å². The number of nitrogens with one attached hydrogen (secondary N) is 1. The van der Waals surface area contributed by atoms with E-state index in [0.29, 0.717) is 5.69 Å². The number of hydrogen-bond acceptors (Lipinski definition) is 5. The number of carbonyl (C=O) groups excluding carboxylic acids is 2. The van der Waals surface area contributed by atoms with Crippen LogP contribution in [0.4, 0.5) is 5.69 Å². The standard InChI is InChI=1S/C14H17N3O3S/c1-9-14(10(2)17(3)16-9)15-12(18)8-20-13(19)7-11-5-4-6-21-11/h4-6H,7-8H2,1-3H3,(H,15,18). The highest BCUT2D eigenvalue weighted by Gasteiger charge is 2.14. The first-order chi connectivity index (χ1) is 9.97. The van der Waals surface area contributed by atoms with Crippen molar-refractivity contribution in [1.29, 1.82) is 0 Å². The zero-order valence-corrected chi connectivity index (χ0v) is 13.0. The van der Waals surface area contributed by atoms with Crippen molar-refractivity contribution >= 4 is 28.9 Å². The molecule has 0 unspecified atom stereocenters. The van der Waals surface area contributed by atoms with Crippen molar-refractivity contribution in [3.05, 3.63) is 33.8 Å². The first-order valence-electron chi connectivity index (χ1n) is 6.45. The fourth-order valence-corrected chi connectivity index (χ4v) is 2.57. The summed E-state index contributed by atoms with van der Waals surface area (Å²) in [7, 11) is 1.80. The molecule has 112 valence electrons. The van der Waals surface area contributed by atoms with Gasteiger partial charge in [-0.2, -0.15) is 5.10 Å². The topological polar surface area (TPSA) is 73.2 Å². The molecule has 2 rings (SSSR count). The minimum atomic E-state index is -0.410. The van der Waals surface area contributed by atoms with Crippen molar-refractivity contribution in [2.45, 2.75) is 20.3 Å². The number of thiophene rings is 1. The van der Waals surface area contributed by atoms with Gasteiger partial charge in [0.15, 0.2) is 6.61 Å². The Balaban J connectivity index is 1.83. The summed E-state index contributed by atoms with van der Waals surface area (Å²) in [5.74, 6) is -0.777. The first kappa shape index (κ1) is 15.2. The van der Waals surface area contributed by atoms with Gasteiger partial charge in [0.25, 0.3) is 5.91 Å². The van der Waals surface area contributed by atoms with E-state index in [-0.39, 0.29) is 18.9 Å². The van der Waals surface area contributed by atoms with Gasteiger partial charge < -0.3 is 10.1 Å². The molecule has 2 aromatic heterocycles. The lowest BCUT2D eigenvalue weighted by molar-refractivity contribution is -0.146. The Morgan fingerprint density at radius 2 is 2.19 bits per heavy atom. The quantitative estimate of drug-likeness (QED) is 0.855. The molecular weight excluding hydrogens is 290 g/mol. The molecule has 0 saturated carbocycles. The van der Waals surface area contributed by atoms with E-state index in [1.54, 1.807) is 11.7 Å². The number of esters is 1. The van der Waals surface area contributed by atoms with Gasteiger partial charge >= 0.3 is 5.97 Å². The fourth-order valence-electron chi connectivity index (χ4n) is 1.88. The molecule has 0 spiro atoms. The summed E-state index contributed by atoms with van der Waals surface area (Å²) in [5.41, 5.74) is 2.25. The van der Waals surface area contributed by atoms with Crippen LogP contribution in [0, 0.1) is 13.8 Å². The summed E-state index contributed by atoms with van der Waals surface area (Å²) in [6, 6.07) is 3.72. The number of ether oxygens (including phenoxy) is 1. The number of hydrogen-bond donors (Lipinski definition) is 1. The molecule has 0 radical (unpaired) electrons. The van der Waals surface area contributed by atoms with Crippen LogP contribution in [-0.2, 0) is 27.8 Å². The number of aromatic nitrogens is 2. The third-order valence-electron chi connectivity index (χ3n) is 3.04. The number of rotatable bonds is 5. The van der Waals surface area contributed by atoms with Crippen LogP contribution in [0.5, 0.6) is 0 Å². The zero-order chi connectivity index (χ0) is 15.4. The first-order valence-corrected chi connectivity index (χ1v) is 7.33. The van der Waals surface area contributed by atoms with Crippen LogP contribution in [-0.4, -0.2) is 28.3 Å². The average molecular weight is 307 g/mol. The Morgan fingerprint density at radius 1 is 1.43 bits per heavy atom. The molecule has 6 nitrogen and oxygen atoms in total. The minimum absolute atomic E-state index is 0.190. The lowest BCUT2D eigenvalue weighted by Gasteiger charge is -2.06. The highest BCUT2D eigenvalue weighted by atomic mass is 32.1. The van der Waals surface area contributed by atoms with E-state index in [2.05, 4.69) is 10.4 Å². The van der Waals surface area contributed by atoms with Crippen molar-refractivity contribution in [3.8, 4) is 0 Å². The molecule has 1 amide bonds. The molecule has 21 heavy (non-hydrogen) atoms. The van der Waals surface area contributed by atoms with E-state index in [4.69, 9.17) is 4.74 Å². The molecule has 0 aliphatic carbocycles. The number of anilines is 1. The van der Waals surface area contributed by atoms with Crippen molar-refractivity contribution in [1.82, 2.24) is 9.78 Å². The predicted octanol–water partition coefficient (Wildman–Crippen LogP) is 1.82. The second kappa shape index (κ2) is 6.53. The fraction of sp³-hybridized carbons (Fsp3) is 0.357. The zero-order valence-electron chi connectivity index (χ0n) is 12.2. The molecule has 0 aromatic carbocycles. The Kier molecular flexibility index (Phi) is 4.74. The van der Waals surface area contributed by atoms with Crippen molar-refractivity contribution < 1.29 is 14.3 Å². The molecule has 0 aliphatic rings. The third-order valence-corrected chi connectivity index (χ3v) is 3.91. The molecule has 1 N–H and O–H groups in total. The number of amides is 1. The van der Waals surface area contributed by atoms with E-state index in [1.165, 1.54) is 11.3 Å². The van der Waals surface area contributed by atoms with Gasteiger partial charge in [0.2, 0.25) is 0 Å². The van der Waals surface area contributed by atoms with Gasteiger partial charge in [0, 0.05) is 11.9 Å². The highest BCUT2D eigenvalue weighted by Crippen LogP contribution is 2.18. The number of carbonyl (C=O) groups is 2. The van der Waals surface area contributed by atoms with Crippen LogP contribution in [0.3, 0.4) is 0 Å². The summed E-state index contributed by atoms with van der Waals surface area (Å²) < 4.78 is 6.65. The van der Waals surface area contributed by atoms with E-state index < -0.39 is 5.97 Å². The Morgan fingerprint density at radius 3 is 2.76 bits per heavy atom. The maximum Gasteiger partial charge on any atom is 0.311 e. The van der Waals surface area contributed by atoms with Gasteiger partial charge in [-0.15, -0.1) is 11.3 Å². The predicted molar refractivity (Wildman–Crippen MR) is 80.3 cm³/mol. The molecule has 0 saturated heterocycles. The van der Waals surface area contributed by atoms with Gasteiger partial charge in [0.1, 0.15) is 0 Å². The molecule has 7 heteroatoms. The number of aryl methyl sites for hydroxylation is 2. The summed E-state index contributed by atoms with van der Waals surface area (Å²) in [6.45, 7) is 3.38. The van der Waals surface area contributed by atoms with Crippen molar-refractivity contribution in [3.63, 3.8) is 0 Å². The van der Waals surface area contributed by atoms with E-state index >= 15 is 0 Å². The minimum Gasteiger partial charge on any atom is -0.455 e. The largest absolute Gasteiger partial charge is 0.455 e. The second-order valence-electron chi connectivity index (χ2n) is 4.63. The number of nitrogens with zero attached hydrogens (tertiary/aromatic N) is 2. The summed E-state index contributed by atoms with van der Waals surface area (Å²) in [6.07, 6.45) is 0.190. The normalized spacial score (nSPS) is 10.4. The average Bonchev–Trinajstić information content (AvgIpc) is 3.01. The second-order valence-corrected chi connectivity index (χ2v) is 5.67. The van der Waals surface area contributed by atoms with Crippen molar-refractivity contribution in [2.75, 3.05) is 11.9 Å². The van der Waals surface area contributed by atoms with E-state index in [0.717, 1.165) is 16.3 Å². The highest BCUT2D eigenvalue weighted by molar-refractivity contribution is 7.10. The maximum atomic E-state index is 11.8. The molecule has 0 aliphatic heterocycles. The van der Waals surface area contributed by atoms with Gasteiger partial charge in [0.05, 0.1) is 23.5 Å². The maximum absolute atomic E-state index is 11.8. The third kappa shape index (κ3) is 3.91. The Hall–Kier alpha value is -2.15. The molecule has 0 fully saturated rings. The monoisotopic (exact) mass is 307 g/mol. The van der Waals surface area contributed by atoms with Crippen LogP contribution >= 0.6 is 11.3 Å². The smallest absolute Gasteiger partial charge is 0.311 e. The molecule has 0 bridgehead atoms. The molecular formula is C14H17N3O3S. The van der Waals surface area contributed by atoms with E-state index in [1.807, 2.05) is 31.4 Å². The molecule has 2 aromatic rings. The lowest BCUT2D eigenvalue weighted by Crippen LogP contribution is -2.22. The summed E-state index contributed by atoms with van der Waals surface area (Å²) in [5, 5.41) is 8.81.